The van der Waals surface area contributed by atoms with Crippen LogP contribution in [0.15, 0.2) is 29.9 Å². The van der Waals surface area contributed by atoms with Crippen LogP contribution in [0.4, 0.5) is 13.9 Å². The zero-order valence-corrected chi connectivity index (χ0v) is 15.7. The number of carbonyl (C=O) groups excluding carboxylic acids is 1. The van der Waals surface area contributed by atoms with E-state index in [4.69, 9.17) is 0 Å². The highest BCUT2D eigenvalue weighted by Crippen LogP contribution is 2.30. The lowest BCUT2D eigenvalue weighted by atomic mass is 10.2. The number of rotatable bonds is 4. The van der Waals surface area contributed by atoms with Crippen molar-refractivity contribution in [1.82, 2.24) is 19.1 Å². The number of carbonyl (C=O) groups is 1. The van der Waals surface area contributed by atoms with Gasteiger partial charge in [-0.2, -0.15) is 0 Å². The Labute approximate surface area is 161 Å². The summed E-state index contributed by atoms with van der Waals surface area (Å²) in [4.78, 5) is 20.8. The van der Waals surface area contributed by atoms with Crippen LogP contribution in [0.2, 0.25) is 0 Å². The minimum Gasteiger partial charge on any atom is -0.504 e. The number of hydrogen-bond acceptors (Lipinski definition) is 5. The second kappa shape index (κ2) is 6.71. The summed E-state index contributed by atoms with van der Waals surface area (Å²) in [5, 5.41) is 14.9. The van der Waals surface area contributed by atoms with Gasteiger partial charge in [-0.25, -0.2) is 18.7 Å². The van der Waals surface area contributed by atoms with Gasteiger partial charge in [0.15, 0.2) is 28.2 Å². The number of imidazole rings is 1. The van der Waals surface area contributed by atoms with Crippen LogP contribution in [0.25, 0.3) is 22.4 Å². The number of aromatic nitrogens is 4. The number of aryl methyl sites for hydroxylation is 1. The van der Waals surface area contributed by atoms with Gasteiger partial charge in [0.25, 0.3) is 0 Å². The number of thiazole rings is 1. The third-order valence-corrected chi connectivity index (χ3v) is 5.24. The van der Waals surface area contributed by atoms with Crippen molar-refractivity contribution >= 4 is 33.5 Å². The zero-order chi connectivity index (χ0) is 20.0. The number of benzene rings is 1. The highest BCUT2D eigenvalue weighted by molar-refractivity contribution is 7.14. The van der Waals surface area contributed by atoms with Gasteiger partial charge in [0.1, 0.15) is 12.1 Å². The quantitative estimate of drug-likeness (QED) is 0.547. The van der Waals surface area contributed by atoms with E-state index in [2.05, 4.69) is 15.3 Å². The molecule has 28 heavy (non-hydrogen) atoms. The first kappa shape index (κ1) is 18.1. The monoisotopic (exact) mass is 403 g/mol. The number of fused-ring (bicyclic) bond motifs is 1. The van der Waals surface area contributed by atoms with Crippen molar-refractivity contribution in [2.24, 2.45) is 7.05 Å². The molecule has 0 bridgehead atoms. The lowest BCUT2D eigenvalue weighted by Crippen LogP contribution is -2.18. The number of anilines is 1. The van der Waals surface area contributed by atoms with Crippen molar-refractivity contribution in [3.63, 3.8) is 0 Å². The third-order valence-electron chi connectivity index (χ3n) is 4.49. The molecule has 2 N–H and O–H groups in total. The minimum absolute atomic E-state index is 0.0619. The van der Waals surface area contributed by atoms with Crippen molar-refractivity contribution in [3.05, 3.63) is 47.2 Å². The van der Waals surface area contributed by atoms with Crippen molar-refractivity contribution in [3.8, 4) is 17.0 Å². The summed E-state index contributed by atoms with van der Waals surface area (Å²) in [6, 6.07) is 3.50. The van der Waals surface area contributed by atoms with Gasteiger partial charge < -0.3 is 19.6 Å². The Morgan fingerprint density at radius 2 is 2.11 bits per heavy atom. The first-order chi connectivity index (χ1) is 13.3. The van der Waals surface area contributed by atoms with E-state index in [9.17, 15) is 18.7 Å². The standard InChI is InChI=1S/C18H15F2N5O2S/c1-9-16(27)15-17(24(9)2)21-8-25(15)6-14(26)23-18-22-13(7-28-18)10-3-4-11(19)12(20)5-10/h3-5,7-8,27H,6H2,1-2H3,(H,22,23,26). The van der Waals surface area contributed by atoms with E-state index in [-0.39, 0.29) is 18.2 Å². The van der Waals surface area contributed by atoms with Crippen LogP contribution >= 0.6 is 11.3 Å². The summed E-state index contributed by atoms with van der Waals surface area (Å²) >= 11 is 1.17. The normalized spacial score (nSPS) is 11.3. The summed E-state index contributed by atoms with van der Waals surface area (Å²) in [7, 11) is 1.78. The molecule has 4 rings (SSSR count). The maximum Gasteiger partial charge on any atom is 0.246 e. The second-order valence-electron chi connectivity index (χ2n) is 6.25. The summed E-state index contributed by atoms with van der Waals surface area (Å²) in [5.41, 5.74) is 2.56. The highest BCUT2D eigenvalue weighted by atomic mass is 32.1. The molecule has 0 atom stereocenters. The second-order valence-corrected chi connectivity index (χ2v) is 7.11. The van der Waals surface area contributed by atoms with E-state index in [0.29, 0.717) is 33.2 Å². The Morgan fingerprint density at radius 1 is 1.32 bits per heavy atom. The van der Waals surface area contributed by atoms with Crippen LogP contribution in [-0.2, 0) is 18.4 Å². The third kappa shape index (κ3) is 3.01. The summed E-state index contributed by atoms with van der Waals surface area (Å²) in [6.07, 6.45) is 1.48. The average molecular weight is 403 g/mol. The van der Waals surface area contributed by atoms with Crippen molar-refractivity contribution in [2.75, 3.05) is 5.32 Å². The zero-order valence-electron chi connectivity index (χ0n) is 14.9. The first-order valence-corrected chi connectivity index (χ1v) is 9.13. The molecule has 3 aromatic heterocycles. The SMILES string of the molecule is Cc1c(O)c2c(ncn2CC(=O)Nc2nc(-c3ccc(F)c(F)c3)cs2)n1C. The molecule has 10 heteroatoms. The molecule has 3 heterocycles. The molecule has 144 valence electrons. The topological polar surface area (TPSA) is 85.0 Å². The van der Waals surface area contributed by atoms with Crippen LogP contribution in [0.1, 0.15) is 5.69 Å². The van der Waals surface area contributed by atoms with Gasteiger partial charge in [-0.3, -0.25) is 4.79 Å². The average Bonchev–Trinajstić information content (AvgIpc) is 3.33. The molecule has 0 aliphatic heterocycles. The molecule has 0 aliphatic carbocycles. The molecule has 0 unspecified atom stereocenters. The van der Waals surface area contributed by atoms with E-state index in [0.717, 1.165) is 12.1 Å². The molecule has 0 spiro atoms. The lowest BCUT2D eigenvalue weighted by Gasteiger charge is -2.04. The molecule has 0 saturated carbocycles. The number of nitrogens with zero attached hydrogens (tertiary/aromatic N) is 4. The molecule has 0 fully saturated rings. The van der Waals surface area contributed by atoms with E-state index < -0.39 is 11.6 Å². The summed E-state index contributed by atoms with van der Waals surface area (Å²) in [6.45, 7) is 1.70. The molecule has 1 amide bonds. The Morgan fingerprint density at radius 3 is 2.86 bits per heavy atom. The molecule has 0 radical (unpaired) electrons. The number of halogens is 2. The highest BCUT2D eigenvalue weighted by Gasteiger charge is 2.18. The van der Waals surface area contributed by atoms with Gasteiger partial charge >= 0.3 is 0 Å². The molecular weight excluding hydrogens is 388 g/mol. The fraction of sp³-hybridized carbons (Fsp3) is 0.167. The maximum atomic E-state index is 13.4. The predicted octanol–water partition coefficient (Wildman–Crippen LogP) is 3.43. The Hall–Kier alpha value is -3.27. The number of nitrogens with one attached hydrogen (secondary N) is 1. The van der Waals surface area contributed by atoms with Gasteiger partial charge in [-0.15, -0.1) is 11.3 Å². The van der Waals surface area contributed by atoms with Crippen molar-refractivity contribution in [2.45, 2.75) is 13.5 Å². The Balaban J connectivity index is 1.51. The number of aromatic hydroxyl groups is 1. The van der Waals surface area contributed by atoms with Crippen molar-refractivity contribution < 1.29 is 18.7 Å². The minimum atomic E-state index is -0.960. The van der Waals surface area contributed by atoms with Crippen LogP contribution in [-0.4, -0.2) is 30.1 Å². The Bertz CT molecular complexity index is 1210. The predicted molar refractivity (Wildman–Crippen MR) is 101 cm³/mol. The number of hydrogen-bond donors (Lipinski definition) is 2. The molecular formula is C18H15F2N5O2S. The smallest absolute Gasteiger partial charge is 0.246 e. The number of amides is 1. The molecule has 4 aromatic rings. The molecule has 7 nitrogen and oxygen atoms in total. The van der Waals surface area contributed by atoms with E-state index in [1.807, 2.05) is 0 Å². The van der Waals surface area contributed by atoms with Gasteiger partial charge in [-0.05, 0) is 25.1 Å². The van der Waals surface area contributed by atoms with E-state index >= 15 is 0 Å². The molecule has 0 saturated heterocycles. The van der Waals surface area contributed by atoms with Crippen LogP contribution in [0, 0.1) is 18.6 Å². The molecule has 0 aliphatic rings. The summed E-state index contributed by atoms with van der Waals surface area (Å²) in [5.74, 6) is -2.17. The van der Waals surface area contributed by atoms with Crippen LogP contribution < -0.4 is 5.32 Å². The largest absolute Gasteiger partial charge is 0.504 e. The van der Waals surface area contributed by atoms with Gasteiger partial charge in [0.2, 0.25) is 5.91 Å². The Kier molecular flexibility index (Phi) is 4.34. The fourth-order valence-corrected chi connectivity index (χ4v) is 3.64. The van der Waals surface area contributed by atoms with Gasteiger partial charge in [-0.1, -0.05) is 0 Å². The van der Waals surface area contributed by atoms with E-state index in [1.165, 1.54) is 23.7 Å². The van der Waals surface area contributed by atoms with Crippen molar-refractivity contribution in [1.29, 1.82) is 0 Å². The molecule has 1 aromatic carbocycles. The lowest BCUT2D eigenvalue weighted by molar-refractivity contribution is -0.116. The first-order valence-electron chi connectivity index (χ1n) is 8.25. The fourth-order valence-electron chi connectivity index (χ4n) is 2.90. The van der Waals surface area contributed by atoms with E-state index in [1.54, 1.807) is 28.5 Å². The van der Waals surface area contributed by atoms with Crippen LogP contribution in [0.3, 0.4) is 0 Å². The van der Waals surface area contributed by atoms with Gasteiger partial charge in [0, 0.05) is 18.0 Å². The van der Waals surface area contributed by atoms with Gasteiger partial charge in [0.05, 0.1) is 17.7 Å². The maximum absolute atomic E-state index is 13.4. The summed E-state index contributed by atoms with van der Waals surface area (Å²) < 4.78 is 29.7. The van der Waals surface area contributed by atoms with Crippen LogP contribution in [0.5, 0.6) is 5.75 Å².